The Morgan fingerprint density at radius 3 is 2.18 bits per heavy atom. The van der Waals surface area contributed by atoms with Crippen molar-refractivity contribution in [1.82, 2.24) is 9.21 Å². The molecule has 2 heterocycles. The molecule has 3 fully saturated rings. The van der Waals surface area contributed by atoms with Crippen molar-refractivity contribution < 1.29 is 13.2 Å². The van der Waals surface area contributed by atoms with Crippen molar-refractivity contribution in [2.24, 2.45) is 5.92 Å². The lowest BCUT2D eigenvalue weighted by molar-refractivity contribution is -0.135. The largest absolute Gasteiger partial charge is 0.341 e. The van der Waals surface area contributed by atoms with Gasteiger partial charge in [-0.15, -0.1) is 0 Å². The lowest BCUT2D eigenvalue weighted by atomic mass is 9.98. The number of hydrogen-bond acceptors (Lipinski definition) is 3. The molecule has 0 unspecified atom stereocenters. The molecule has 0 N–H and O–H groups in total. The lowest BCUT2D eigenvalue weighted by Gasteiger charge is -2.35. The van der Waals surface area contributed by atoms with Gasteiger partial charge in [0, 0.05) is 19.6 Å². The summed E-state index contributed by atoms with van der Waals surface area (Å²) >= 11 is 0. The minimum atomic E-state index is -3.30. The highest BCUT2D eigenvalue weighted by atomic mass is 32.2. The maximum absolute atomic E-state index is 12.8. The van der Waals surface area contributed by atoms with E-state index in [1.165, 1.54) is 0 Å². The van der Waals surface area contributed by atoms with Gasteiger partial charge in [0.1, 0.15) is 6.04 Å². The molecule has 0 aromatic heterocycles. The summed E-state index contributed by atoms with van der Waals surface area (Å²) < 4.78 is 27.2. The first-order valence-corrected chi connectivity index (χ1v) is 10.3. The van der Waals surface area contributed by atoms with E-state index in [2.05, 4.69) is 6.92 Å². The van der Waals surface area contributed by atoms with Crippen LogP contribution in [0.15, 0.2) is 0 Å². The second-order valence-corrected chi connectivity index (χ2v) is 9.39. The molecule has 1 saturated carbocycles. The molecule has 1 atom stereocenters. The predicted octanol–water partition coefficient (Wildman–Crippen LogP) is 1.98. The molecule has 0 aromatic rings. The zero-order chi connectivity index (χ0) is 15.7. The number of carbonyl (C=O) groups excluding carboxylic acids is 1. The average Bonchev–Trinajstić information content (AvgIpc) is 3.19. The smallest absolute Gasteiger partial charge is 0.241 e. The summed E-state index contributed by atoms with van der Waals surface area (Å²) in [5, 5.41) is -0.248. The van der Waals surface area contributed by atoms with Crippen LogP contribution in [0.5, 0.6) is 0 Å². The van der Waals surface area contributed by atoms with Gasteiger partial charge in [0.25, 0.3) is 0 Å². The van der Waals surface area contributed by atoms with Gasteiger partial charge < -0.3 is 4.90 Å². The van der Waals surface area contributed by atoms with E-state index in [-0.39, 0.29) is 11.2 Å². The SMILES string of the molecule is CC1CCN(C(=O)[C@@H]2CCCN2S(=O)(=O)C2CCCC2)CC1. The molecule has 0 aromatic carbocycles. The van der Waals surface area contributed by atoms with Crippen LogP contribution in [0, 0.1) is 5.92 Å². The fraction of sp³-hybridized carbons (Fsp3) is 0.938. The molecule has 6 heteroatoms. The highest BCUT2D eigenvalue weighted by Gasteiger charge is 2.44. The van der Waals surface area contributed by atoms with Crippen LogP contribution in [0.4, 0.5) is 0 Å². The van der Waals surface area contributed by atoms with Gasteiger partial charge in [-0.1, -0.05) is 19.8 Å². The first-order chi connectivity index (χ1) is 10.5. The molecule has 126 valence electrons. The van der Waals surface area contributed by atoms with E-state index in [4.69, 9.17) is 0 Å². The third-order valence-corrected chi connectivity index (χ3v) is 8.04. The van der Waals surface area contributed by atoms with Gasteiger partial charge in [-0.2, -0.15) is 4.31 Å². The van der Waals surface area contributed by atoms with Crippen LogP contribution >= 0.6 is 0 Å². The zero-order valence-corrected chi connectivity index (χ0v) is 14.4. The van der Waals surface area contributed by atoms with E-state index < -0.39 is 16.1 Å². The molecule has 5 nitrogen and oxygen atoms in total. The lowest BCUT2D eigenvalue weighted by Crippen LogP contribution is -2.51. The summed E-state index contributed by atoms with van der Waals surface area (Å²) in [6.45, 7) is 4.31. The molecule has 2 aliphatic heterocycles. The number of hydrogen-bond donors (Lipinski definition) is 0. The van der Waals surface area contributed by atoms with Crippen molar-refractivity contribution in [2.75, 3.05) is 19.6 Å². The molecule has 22 heavy (non-hydrogen) atoms. The molecule has 0 bridgehead atoms. The highest BCUT2D eigenvalue weighted by molar-refractivity contribution is 7.89. The Hall–Kier alpha value is -0.620. The summed E-state index contributed by atoms with van der Waals surface area (Å²) in [6, 6.07) is -0.431. The number of nitrogens with zero attached hydrogens (tertiary/aromatic N) is 2. The predicted molar refractivity (Wildman–Crippen MR) is 85.9 cm³/mol. The number of likely N-dealkylation sites (tertiary alicyclic amines) is 1. The van der Waals surface area contributed by atoms with Crippen molar-refractivity contribution in [2.45, 2.75) is 69.6 Å². The van der Waals surface area contributed by atoms with Crippen LogP contribution in [0.3, 0.4) is 0 Å². The highest BCUT2D eigenvalue weighted by Crippen LogP contribution is 2.32. The van der Waals surface area contributed by atoms with E-state index in [0.29, 0.717) is 18.9 Å². The molecule has 1 amide bonds. The Kier molecular flexibility index (Phi) is 4.78. The molecule has 1 aliphatic carbocycles. The minimum absolute atomic E-state index is 0.0472. The van der Waals surface area contributed by atoms with Gasteiger partial charge in [-0.25, -0.2) is 8.42 Å². The van der Waals surface area contributed by atoms with E-state index in [1.807, 2.05) is 4.90 Å². The van der Waals surface area contributed by atoms with Gasteiger partial charge in [0.05, 0.1) is 5.25 Å². The van der Waals surface area contributed by atoms with Crippen molar-refractivity contribution in [3.05, 3.63) is 0 Å². The van der Waals surface area contributed by atoms with Crippen molar-refractivity contribution in [3.63, 3.8) is 0 Å². The van der Waals surface area contributed by atoms with Crippen molar-refractivity contribution >= 4 is 15.9 Å². The number of amides is 1. The molecule has 0 radical (unpaired) electrons. The average molecular weight is 328 g/mol. The molecule has 2 saturated heterocycles. The van der Waals surface area contributed by atoms with Crippen molar-refractivity contribution in [1.29, 1.82) is 0 Å². The number of sulfonamides is 1. The molecular weight excluding hydrogens is 300 g/mol. The van der Waals surface area contributed by atoms with Gasteiger partial charge in [0.2, 0.25) is 15.9 Å². The molecular formula is C16H28N2O3S. The maximum atomic E-state index is 12.8. The fourth-order valence-electron chi connectivity index (χ4n) is 4.11. The summed E-state index contributed by atoms with van der Waals surface area (Å²) in [6.07, 6.45) is 7.10. The van der Waals surface area contributed by atoms with Crippen LogP contribution in [0.2, 0.25) is 0 Å². The Morgan fingerprint density at radius 2 is 1.55 bits per heavy atom. The van der Waals surface area contributed by atoms with Crippen LogP contribution in [0.25, 0.3) is 0 Å². The Balaban J connectivity index is 1.71. The standard InChI is InChI=1S/C16H28N2O3S/c1-13-8-11-17(12-9-13)16(19)15-7-4-10-18(15)22(20,21)14-5-2-3-6-14/h13-15H,2-12H2,1H3/t15-/m0/s1. The van der Waals surface area contributed by atoms with Crippen molar-refractivity contribution in [3.8, 4) is 0 Å². The van der Waals surface area contributed by atoms with Gasteiger partial charge >= 0.3 is 0 Å². The Labute approximate surface area is 134 Å². The van der Waals surface area contributed by atoms with Crippen LogP contribution < -0.4 is 0 Å². The summed E-state index contributed by atoms with van der Waals surface area (Å²) in [5.41, 5.74) is 0. The van der Waals surface area contributed by atoms with Gasteiger partial charge in [-0.05, 0) is 44.4 Å². The second-order valence-electron chi connectivity index (χ2n) is 7.23. The first kappa shape index (κ1) is 16.2. The van der Waals surface area contributed by atoms with Crippen LogP contribution in [-0.2, 0) is 14.8 Å². The fourth-order valence-corrected chi connectivity index (χ4v) is 6.35. The van der Waals surface area contributed by atoms with Crippen LogP contribution in [0.1, 0.15) is 58.3 Å². The topological polar surface area (TPSA) is 57.7 Å². The minimum Gasteiger partial charge on any atom is -0.341 e. The van der Waals surface area contributed by atoms with E-state index >= 15 is 0 Å². The zero-order valence-electron chi connectivity index (χ0n) is 13.5. The van der Waals surface area contributed by atoms with E-state index in [9.17, 15) is 13.2 Å². The molecule has 3 aliphatic rings. The third kappa shape index (κ3) is 3.04. The third-order valence-electron chi connectivity index (χ3n) is 5.63. The molecule has 0 spiro atoms. The molecule has 3 rings (SSSR count). The van der Waals surface area contributed by atoms with E-state index in [0.717, 1.165) is 58.0 Å². The summed E-state index contributed by atoms with van der Waals surface area (Å²) in [4.78, 5) is 14.7. The Bertz CT molecular complexity index is 505. The number of carbonyl (C=O) groups is 1. The first-order valence-electron chi connectivity index (χ1n) is 8.79. The van der Waals surface area contributed by atoms with Crippen LogP contribution in [-0.4, -0.2) is 54.5 Å². The maximum Gasteiger partial charge on any atom is 0.241 e. The van der Waals surface area contributed by atoms with E-state index in [1.54, 1.807) is 4.31 Å². The van der Waals surface area contributed by atoms with Gasteiger partial charge in [0.15, 0.2) is 0 Å². The number of rotatable bonds is 3. The normalized spacial score (nSPS) is 29.3. The summed E-state index contributed by atoms with van der Waals surface area (Å²) in [5.74, 6) is 0.719. The Morgan fingerprint density at radius 1 is 0.909 bits per heavy atom. The second kappa shape index (κ2) is 6.48. The van der Waals surface area contributed by atoms with Gasteiger partial charge in [-0.3, -0.25) is 4.79 Å². The summed E-state index contributed by atoms with van der Waals surface area (Å²) in [7, 11) is -3.30. The monoisotopic (exact) mass is 328 g/mol. The number of piperidine rings is 1. The quantitative estimate of drug-likeness (QED) is 0.796.